The van der Waals surface area contributed by atoms with Gasteiger partial charge in [-0.2, -0.15) is 0 Å². The van der Waals surface area contributed by atoms with Crippen molar-refractivity contribution in [3.63, 3.8) is 0 Å². The first-order chi connectivity index (χ1) is 6.86. The molecule has 78 valence electrons. The first kappa shape index (κ1) is 9.74. The number of aromatic nitrogens is 1. The molecule has 1 saturated carbocycles. The van der Waals surface area contributed by atoms with Crippen LogP contribution in [0.25, 0.3) is 0 Å². The van der Waals surface area contributed by atoms with Gasteiger partial charge in [0.05, 0.1) is 6.10 Å². The lowest BCUT2D eigenvalue weighted by Crippen LogP contribution is -2.41. The summed E-state index contributed by atoms with van der Waals surface area (Å²) in [5, 5.41) is 13.1. The van der Waals surface area contributed by atoms with Crippen LogP contribution < -0.4 is 5.32 Å². The van der Waals surface area contributed by atoms with Crippen LogP contribution in [0.2, 0.25) is 0 Å². The third kappa shape index (κ3) is 2.36. The van der Waals surface area contributed by atoms with Gasteiger partial charge in [-0.15, -0.1) is 0 Å². The molecule has 0 unspecified atom stereocenters. The van der Waals surface area contributed by atoms with Crippen molar-refractivity contribution in [2.24, 2.45) is 0 Å². The van der Waals surface area contributed by atoms with Crippen molar-refractivity contribution in [2.45, 2.75) is 44.4 Å². The molecule has 1 heterocycles. The topological polar surface area (TPSA) is 48.0 Å². The molecule has 0 aliphatic heterocycles. The zero-order valence-corrected chi connectivity index (χ0v) is 8.37. The van der Waals surface area contributed by atoms with Gasteiger partial charge >= 0.3 is 0 Å². The lowest BCUT2D eigenvalue weighted by molar-refractivity contribution is 0.0903. The minimum Gasteiger partial charge on any atom is -0.392 e. The summed E-state index contributed by atoms with van der Waals surface area (Å²) in [5.74, 6) is 0. The van der Waals surface area contributed by atoms with Gasteiger partial charge in [0.1, 0.15) is 0 Å². The number of aliphatic hydroxyl groups is 1. The SMILES string of the molecule is O[C@H]1CCCC[C@@H]1NCc1cc[nH]c1. The number of H-pyrrole nitrogens is 1. The molecule has 3 heteroatoms. The third-order valence-electron chi connectivity index (χ3n) is 2.96. The molecule has 1 aromatic heterocycles. The Labute approximate surface area is 84.5 Å². The summed E-state index contributed by atoms with van der Waals surface area (Å²) < 4.78 is 0. The van der Waals surface area contributed by atoms with E-state index in [9.17, 15) is 5.11 Å². The van der Waals surface area contributed by atoms with Gasteiger partial charge in [0.25, 0.3) is 0 Å². The fourth-order valence-electron chi connectivity index (χ4n) is 2.07. The minimum absolute atomic E-state index is 0.150. The van der Waals surface area contributed by atoms with E-state index < -0.39 is 0 Å². The molecule has 2 atom stereocenters. The van der Waals surface area contributed by atoms with Gasteiger partial charge in [0.2, 0.25) is 0 Å². The summed E-state index contributed by atoms with van der Waals surface area (Å²) in [6, 6.07) is 2.35. The molecule has 0 bridgehead atoms. The highest BCUT2D eigenvalue weighted by molar-refractivity contribution is 5.08. The second kappa shape index (κ2) is 4.62. The Hall–Kier alpha value is -0.800. The number of hydrogen-bond acceptors (Lipinski definition) is 2. The molecule has 0 saturated heterocycles. The Morgan fingerprint density at radius 2 is 2.29 bits per heavy atom. The van der Waals surface area contributed by atoms with Gasteiger partial charge in [-0.3, -0.25) is 0 Å². The molecule has 0 spiro atoms. The van der Waals surface area contributed by atoms with Crippen molar-refractivity contribution in [1.29, 1.82) is 0 Å². The van der Waals surface area contributed by atoms with E-state index in [0.717, 1.165) is 19.4 Å². The molecule has 0 aromatic carbocycles. The normalized spacial score (nSPS) is 27.8. The average molecular weight is 194 g/mol. The molecule has 1 aromatic rings. The summed E-state index contributed by atoms with van der Waals surface area (Å²) in [6.45, 7) is 0.852. The predicted octanol–water partition coefficient (Wildman–Crippen LogP) is 1.41. The van der Waals surface area contributed by atoms with Crippen molar-refractivity contribution in [2.75, 3.05) is 0 Å². The van der Waals surface area contributed by atoms with E-state index in [-0.39, 0.29) is 6.10 Å². The molecule has 14 heavy (non-hydrogen) atoms. The number of hydrogen-bond donors (Lipinski definition) is 3. The van der Waals surface area contributed by atoms with Crippen molar-refractivity contribution >= 4 is 0 Å². The number of aliphatic hydroxyl groups excluding tert-OH is 1. The smallest absolute Gasteiger partial charge is 0.0693 e. The fourth-order valence-corrected chi connectivity index (χ4v) is 2.07. The number of rotatable bonds is 3. The fraction of sp³-hybridized carbons (Fsp3) is 0.636. The summed E-state index contributed by atoms with van der Waals surface area (Å²) in [6.07, 6.45) is 8.22. The van der Waals surface area contributed by atoms with E-state index in [1.54, 1.807) is 0 Å². The van der Waals surface area contributed by atoms with Gasteiger partial charge in [0.15, 0.2) is 0 Å². The van der Waals surface area contributed by atoms with E-state index in [2.05, 4.69) is 16.4 Å². The maximum Gasteiger partial charge on any atom is 0.0693 e. The zero-order valence-electron chi connectivity index (χ0n) is 8.37. The van der Waals surface area contributed by atoms with E-state index in [1.807, 2.05) is 12.4 Å². The van der Waals surface area contributed by atoms with Crippen molar-refractivity contribution in [3.05, 3.63) is 24.0 Å². The van der Waals surface area contributed by atoms with Crippen LogP contribution in [-0.4, -0.2) is 22.2 Å². The van der Waals surface area contributed by atoms with Crippen LogP contribution in [0.15, 0.2) is 18.5 Å². The maximum atomic E-state index is 9.73. The molecule has 2 rings (SSSR count). The Morgan fingerprint density at radius 3 is 3.00 bits per heavy atom. The molecule has 1 aliphatic carbocycles. The van der Waals surface area contributed by atoms with E-state index >= 15 is 0 Å². The van der Waals surface area contributed by atoms with Gasteiger partial charge < -0.3 is 15.4 Å². The lowest BCUT2D eigenvalue weighted by atomic mass is 9.92. The molecule has 1 aliphatic rings. The summed E-state index contributed by atoms with van der Waals surface area (Å²) in [5.41, 5.74) is 1.25. The van der Waals surface area contributed by atoms with E-state index in [1.165, 1.54) is 18.4 Å². The second-order valence-electron chi connectivity index (χ2n) is 4.06. The van der Waals surface area contributed by atoms with Crippen LogP contribution in [0.3, 0.4) is 0 Å². The Bertz CT molecular complexity index is 258. The average Bonchev–Trinajstić information content (AvgIpc) is 2.69. The highest BCUT2D eigenvalue weighted by Gasteiger charge is 2.21. The van der Waals surface area contributed by atoms with E-state index in [4.69, 9.17) is 0 Å². The molecular weight excluding hydrogens is 176 g/mol. The zero-order chi connectivity index (χ0) is 9.80. The molecule has 0 amide bonds. The van der Waals surface area contributed by atoms with Gasteiger partial charge in [-0.1, -0.05) is 12.8 Å². The summed E-state index contributed by atoms with van der Waals surface area (Å²) in [4.78, 5) is 3.03. The minimum atomic E-state index is -0.150. The highest BCUT2D eigenvalue weighted by Crippen LogP contribution is 2.18. The van der Waals surface area contributed by atoms with Crippen LogP contribution in [0.5, 0.6) is 0 Å². The Morgan fingerprint density at radius 1 is 1.43 bits per heavy atom. The van der Waals surface area contributed by atoms with Crippen molar-refractivity contribution in [1.82, 2.24) is 10.3 Å². The van der Waals surface area contributed by atoms with Crippen LogP contribution in [0, 0.1) is 0 Å². The molecule has 1 fully saturated rings. The monoisotopic (exact) mass is 194 g/mol. The first-order valence-electron chi connectivity index (χ1n) is 5.39. The maximum absolute atomic E-state index is 9.73. The second-order valence-corrected chi connectivity index (χ2v) is 4.06. The number of nitrogens with one attached hydrogen (secondary N) is 2. The summed E-state index contributed by atoms with van der Waals surface area (Å²) in [7, 11) is 0. The Kier molecular flexibility index (Phi) is 3.22. The molecule has 3 nitrogen and oxygen atoms in total. The standard InChI is InChI=1S/C11H18N2O/c14-11-4-2-1-3-10(11)13-8-9-5-6-12-7-9/h5-7,10-14H,1-4,8H2/t10-,11-/m0/s1. The first-order valence-corrected chi connectivity index (χ1v) is 5.39. The molecule has 0 radical (unpaired) electrons. The van der Waals surface area contributed by atoms with Crippen LogP contribution >= 0.6 is 0 Å². The van der Waals surface area contributed by atoms with Crippen LogP contribution in [0.1, 0.15) is 31.2 Å². The summed E-state index contributed by atoms with van der Waals surface area (Å²) >= 11 is 0. The van der Waals surface area contributed by atoms with E-state index in [0.29, 0.717) is 6.04 Å². The largest absolute Gasteiger partial charge is 0.392 e. The van der Waals surface area contributed by atoms with Crippen molar-refractivity contribution < 1.29 is 5.11 Å². The van der Waals surface area contributed by atoms with Gasteiger partial charge in [-0.25, -0.2) is 0 Å². The molecular formula is C11H18N2O. The third-order valence-corrected chi connectivity index (χ3v) is 2.96. The van der Waals surface area contributed by atoms with Crippen LogP contribution in [-0.2, 0) is 6.54 Å². The predicted molar refractivity (Wildman–Crippen MR) is 55.9 cm³/mol. The molecule has 3 N–H and O–H groups in total. The Balaban J connectivity index is 1.79. The quantitative estimate of drug-likeness (QED) is 0.681. The number of aromatic amines is 1. The van der Waals surface area contributed by atoms with Crippen LogP contribution in [0.4, 0.5) is 0 Å². The lowest BCUT2D eigenvalue weighted by Gasteiger charge is -2.28. The highest BCUT2D eigenvalue weighted by atomic mass is 16.3. The van der Waals surface area contributed by atoms with Crippen molar-refractivity contribution in [3.8, 4) is 0 Å². The van der Waals surface area contributed by atoms with Gasteiger partial charge in [-0.05, 0) is 24.5 Å². The van der Waals surface area contributed by atoms with Gasteiger partial charge in [0, 0.05) is 25.0 Å².